The Morgan fingerprint density at radius 2 is 1.90 bits per heavy atom. The van der Waals surface area contributed by atoms with Gasteiger partial charge in [-0.15, -0.1) is 0 Å². The molecule has 0 aliphatic carbocycles. The van der Waals surface area contributed by atoms with Gasteiger partial charge in [0.25, 0.3) is 0 Å². The van der Waals surface area contributed by atoms with Crippen molar-refractivity contribution in [3.05, 3.63) is 58.9 Å². The van der Waals surface area contributed by atoms with Crippen LogP contribution in [0.25, 0.3) is 0 Å². The monoisotopic (exact) mass is 271 g/mol. The standard InChI is InChI=1S/C16H14FNO2/c17-13-9-12(3-5-14(13)18)16(19)11-4-6-15-10(8-11)2-1-7-20-15/h3-6,8-9H,1-2,7,18H2. The van der Waals surface area contributed by atoms with Crippen LogP contribution in [-0.4, -0.2) is 12.4 Å². The molecule has 1 aliphatic heterocycles. The van der Waals surface area contributed by atoms with Crippen molar-refractivity contribution in [1.29, 1.82) is 0 Å². The largest absolute Gasteiger partial charge is 0.493 e. The number of carbonyl (C=O) groups is 1. The number of halogens is 1. The van der Waals surface area contributed by atoms with Gasteiger partial charge in [0, 0.05) is 11.1 Å². The van der Waals surface area contributed by atoms with Crippen molar-refractivity contribution in [2.75, 3.05) is 12.3 Å². The number of hydrogen-bond acceptors (Lipinski definition) is 3. The van der Waals surface area contributed by atoms with Gasteiger partial charge < -0.3 is 10.5 Å². The number of ketones is 1. The molecule has 2 aromatic rings. The Kier molecular flexibility index (Phi) is 3.14. The second kappa shape index (κ2) is 4.96. The van der Waals surface area contributed by atoms with Gasteiger partial charge in [0.15, 0.2) is 5.78 Å². The van der Waals surface area contributed by atoms with Crippen LogP contribution in [0.3, 0.4) is 0 Å². The van der Waals surface area contributed by atoms with Gasteiger partial charge in [-0.3, -0.25) is 4.79 Å². The van der Waals surface area contributed by atoms with Crippen LogP contribution in [0, 0.1) is 5.82 Å². The summed E-state index contributed by atoms with van der Waals surface area (Å²) in [6.45, 7) is 0.712. The lowest BCUT2D eigenvalue weighted by Gasteiger charge is -2.17. The maximum Gasteiger partial charge on any atom is 0.193 e. The van der Waals surface area contributed by atoms with E-state index in [1.165, 1.54) is 18.2 Å². The molecule has 0 bridgehead atoms. The summed E-state index contributed by atoms with van der Waals surface area (Å²) in [5, 5.41) is 0. The Morgan fingerprint density at radius 1 is 1.15 bits per heavy atom. The molecule has 0 fully saturated rings. The molecular formula is C16H14FNO2. The smallest absolute Gasteiger partial charge is 0.193 e. The minimum atomic E-state index is -0.572. The van der Waals surface area contributed by atoms with E-state index in [0.717, 1.165) is 24.2 Å². The van der Waals surface area contributed by atoms with E-state index in [1.807, 2.05) is 6.07 Å². The Bertz CT molecular complexity index is 682. The molecule has 1 aliphatic rings. The number of hydrogen-bond donors (Lipinski definition) is 1. The van der Waals surface area contributed by atoms with Crippen LogP contribution in [0.2, 0.25) is 0 Å². The maximum absolute atomic E-state index is 13.4. The molecule has 0 aromatic heterocycles. The SMILES string of the molecule is Nc1ccc(C(=O)c2ccc3c(c2)CCCO3)cc1F. The summed E-state index contributed by atoms with van der Waals surface area (Å²) >= 11 is 0. The molecule has 20 heavy (non-hydrogen) atoms. The molecule has 0 atom stereocenters. The van der Waals surface area contributed by atoms with Crippen LogP contribution in [0.5, 0.6) is 5.75 Å². The van der Waals surface area contributed by atoms with Crippen LogP contribution in [-0.2, 0) is 6.42 Å². The highest BCUT2D eigenvalue weighted by Gasteiger charge is 2.15. The highest BCUT2D eigenvalue weighted by Crippen LogP contribution is 2.26. The summed E-state index contributed by atoms with van der Waals surface area (Å²) in [4.78, 5) is 12.3. The molecule has 3 nitrogen and oxygen atoms in total. The van der Waals surface area contributed by atoms with E-state index in [0.29, 0.717) is 17.7 Å². The number of anilines is 1. The van der Waals surface area contributed by atoms with Crippen LogP contribution in [0.4, 0.5) is 10.1 Å². The van der Waals surface area contributed by atoms with Gasteiger partial charge >= 0.3 is 0 Å². The van der Waals surface area contributed by atoms with Crippen molar-refractivity contribution < 1.29 is 13.9 Å². The van der Waals surface area contributed by atoms with E-state index >= 15 is 0 Å². The van der Waals surface area contributed by atoms with Gasteiger partial charge in [0.05, 0.1) is 12.3 Å². The normalized spacial score (nSPS) is 13.4. The summed E-state index contributed by atoms with van der Waals surface area (Å²) in [6.07, 6.45) is 1.84. The summed E-state index contributed by atoms with van der Waals surface area (Å²) in [5.41, 5.74) is 7.32. The lowest BCUT2D eigenvalue weighted by molar-refractivity contribution is 0.103. The number of benzene rings is 2. The second-order valence-corrected chi connectivity index (χ2v) is 4.84. The van der Waals surface area contributed by atoms with E-state index < -0.39 is 5.82 Å². The molecule has 102 valence electrons. The first-order chi connectivity index (χ1) is 9.65. The van der Waals surface area contributed by atoms with Crippen molar-refractivity contribution in [2.45, 2.75) is 12.8 Å². The quantitative estimate of drug-likeness (QED) is 0.675. The van der Waals surface area contributed by atoms with E-state index in [1.54, 1.807) is 12.1 Å². The maximum atomic E-state index is 13.4. The number of carbonyl (C=O) groups excluding carboxylic acids is 1. The lowest BCUT2D eigenvalue weighted by atomic mass is 9.98. The van der Waals surface area contributed by atoms with E-state index in [9.17, 15) is 9.18 Å². The molecule has 0 saturated heterocycles. The Morgan fingerprint density at radius 3 is 2.70 bits per heavy atom. The average Bonchev–Trinajstić information content (AvgIpc) is 2.49. The average molecular weight is 271 g/mol. The number of nitrogen functional groups attached to an aromatic ring is 1. The predicted molar refractivity (Wildman–Crippen MR) is 74.5 cm³/mol. The van der Waals surface area contributed by atoms with Crippen molar-refractivity contribution in [1.82, 2.24) is 0 Å². The van der Waals surface area contributed by atoms with Gasteiger partial charge in [0.1, 0.15) is 11.6 Å². The zero-order valence-corrected chi connectivity index (χ0v) is 10.9. The lowest BCUT2D eigenvalue weighted by Crippen LogP contribution is -2.10. The molecule has 2 N–H and O–H groups in total. The molecule has 1 heterocycles. The summed E-state index contributed by atoms with van der Waals surface area (Å²) < 4.78 is 18.9. The topological polar surface area (TPSA) is 52.3 Å². The summed E-state index contributed by atoms with van der Waals surface area (Å²) in [7, 11) is 0. The van der Waals surface area contributed by atoms with E-state index in [4.69, 9.17) is 10.5 Å². The first-order valence-electron chi connectivity index (χ1n) is 6.50. The molecule has 0 radical (unpaired) electrons. The Balaban J connectivity index is 1.95. The number of fused-ring (bicyclic) bond motifs is 1. The number of rotatable bonds is 2. The first-order valence-corrected chi connectivity index (χ1v) is 6.50. The third-order valence-electron chi connectivity index (χ3n) is 3.43. The second-order valence-electron chi connectivity index (χ2n) is 4.84. The van der Waals surface area contributed by atoms with Crippen LogP contribution >= 0.6 is 0 Å². The molecule has 2 aromatic carbocycles. The predicted octanol–water partition coefficient (Wildman–Crippen LogP) is 2.96. The minimum absolute atomic E-state index is 0.0420. The summed E-state index contributed by atoms with van der Waals surface area (Å²) in [5.74, 6) is 0.0469. The number of nitrogens with two attached hydrogens (primary N) is 1. The Labute approximate surface area is 116 Å². The van der Waals surface area contributed by atoms with Crippen LogP contribution in [0.1, 0.15) is 27.9 Å². The summed E-state index contributed by atoms with van der Waals surface area (Å²) in [6, 6.07) is 9.45. The molecule has 0 amide bonds. The molecule has 4 heteroatoms. The van der Waals surface area contributed by atoms with Gasteiger partial charge in [-0.25, -0.2) is 4.39 Å². The fourth-order valence-electron chi connectivity index (χ4n) is 2.34. The van der Waals surface area contributed by atoms with Crippen molar-refractivity contribution in [3.63, 3.8) is 0 Å². The molecular weight excluding hydrogens is 257 g/mol. The first kappa shape index (κ1) is 12.7. The highest BCUT2D eigenvalue weighted by molar-refractivity contribution is 6.09. The number of aryl methyl sites for hydroxylation is 1. The van der Waals surface area contributed by atoms with E-state index in [2.05, 4.69) is 0 Å². The third kappa shape index (κ3) is 2.25. The molecule has 0 spiro atoms. The molecule has 0 unspecified atom stereocenters. The van der Waals surface area contributed by atoms with E-state index in [-0.39, 0.29) is 11.5 Å². The minimum Gasteiger partial charge on any atom is -0.493 e. The fraction of sp³-hybridized carbons (Fsp3) is 0.188. The number of ether oxygens (including phenoxy) is 1. The van der Waals surface area contributed by atoms with Gasteiger partial charge in [-0.1, -0.05) is 0 Å². The molecule has 3 rings (SSSR count). The van der Waals surface area contributed by atoms with Gasteiger partial charge in [0.2, 0.25) is 0 Å². The molecule has 0 saturated carbocycles. The third-order valence-corrected chi connectivity index (χ3v) is 3.43. The highest BCUT2D eigenvalue weighted by atomic mass is 19.1. The van der Waals surface area contributed by atoms with Crippen molar-refractivity contribution in [3.8, 4) is 5.75 Å². The zero-order valence-electron chi connectivity index (χ0n) is 10.9. The van der Waals surface area contributed by atoms with Crippen molar-refractivity contribution >= 4 is 11.5 Å². The van der Waals surface area contributed by atoms with Crippen molar-refractivity contribution in [2.24, 2.45) is 0 Å². The zero-order chi connectivity index (χ0) is 14.1. The van der Waals surface area contributed by atoms with Gasteiger partial charge in [-0.05, 0) is 54.8 Å². The van der Waals surface area contributed by atoms with Crippen LogP contribution in [0.15, 0.2) is 36.4 Å². The van der Waals surface area contributed by atoms with Gasteiger partial charge in [-0.2, -0.15) is 0 Å². The fourth-order valence-corrected chi connectivity index (χ4v) is 2.34. The van der Waals surface area contributed by atoms with Crippen LogP contribution < -0.4 is 10.5 Å². The Hall–Kier alpha value is -2.36.